The van der Waals surface area contributed by atoms with Gasteiger partial charge >= 0.3 is 0 Å². The van der Waals surface area contributed by atoms with Gasteiger partial charge in [-0.1, -0.05) is 0 Å². The van der Waals surface area contributed by atoms with Crippen molar-refractivity contribution in [2.45, 2.75) is 25.4 Å². The van der Waals surface area contributed by atoms with Crippen molar-refractivity contribution in [2.75, 3.05) is 0 Å². The maximum absolute atomic E-state index is 13.8. The summed E-state index contributed by atoms with van der Waals surface area (Å²) in [5.41, 5.74) is 0.0632. The fourth-order valence-corrected chi connectivity index (χ4v) is 3.34. The van der Waals surface area contributed by atoms with Crippen molar-refractivity contribution >= 4 is 40.3 Å². The van der Waals surface area contributed by atoms with Gasteiger partial charge in [-0.25, -0.2) is 8.78 Å². The Morgan fingerprint density at radius 3 is 2.62 bits per heavy atom. The average molecular weight is 406 g/mol. The molecule has 1 aromatic carbocycles. The van der Waals surface area contributed by atoms with Gasteiger partial charge in [0.1, 0.15) is 17.7 Å². The number of imide groups is 1. The van der Waals surface area contributed by atoms with Gasteiger partial charge in [0, 0.05) is 18.1 Å². The van der Waals surface area contributed by atoms with Gasteiger partial charge in [-0.15, -0.1) is 0 Å². The van der Waals surface area contributed by atoms with Crippen LogP contribution in [0.4, 0.5) is 8.78 Å². The maximum Gasteiger partial charge on any atom is 0.256 e. The molecule has 0 saturated carbocycles. The topological polar surface area (TPSA) is 66.5 Å². The number of nitrogens with zero attached hydrogens (tertiary/aromatic N) is 1. The van der Waals surface area contributed by atoms with E-state index < -0.39 is 35.4 Å². The number of amides is 3. The van der Waals surface area contributed by atoms with Gasteiger partial charge < -0.3 is 4.90 Å². The smallest absolute Gasteiger partial charge is 0.256 e. The highest BCUT2D eigenvalue weighted by Crippen LogP contribution is 2.33. The number of halogens is 3. The summed E-state index contributed by atoms with van der Waals surface area (Å²) in [7, 11) is 0. The van der Waals surface area contributed by atoms with E-state index in [1.165, 1.54) is 4.90 Å². The highest BCUT2D eigenvalue weighted by atomic mass is 127. The second kappa shape index (κ2) is 5.00. The van der Waals surface area contributed by atoms with Crippen LogP contribution in [0.1, 0.15) is 28.8 Å². The number of benzene rings is 1. The number of carbonyl (C=O) groups is 3. The first-order valence-corrected chi connectivity index (χ1v) is 7.29. The summed E-state index contributed by atoms with van der Waals surface area (Å²) < 4.78 is 27.4. The SMILES string of the molecule is O=C1CC[C@@H](N2Cc3c(F)cc(F)c(I)c3C2=O)C(=O)N1. The second-order valence-corrected chi connectivity index (χ2v) is 5.99. The zero-order valence-electron chi connectivity index (χ0n) is 10.6. The molecule has 1 atom stereocenters. The molecule has 8 heteroatoms. The number of piperidine rings is 1. The lowest BCUT2D eigenvalue weighted by Gasteiger charge is -2.29. The normalized spacial score (nSPS) is 21.6. The Kier molecular flexibility index (Phi) is 3.42. The highest BCUT2D eigenvalue weighted by molar-refractivity contribution is 14.1. The van der Waals surface area contributed by atoms with Crippen molar-refractivity contribution in [3.05, 3.63) is 32.4 Å². The van der Waals surface area contributed by atoms with E-state index >= 15 is 0 Å². The summed E-state index contributed by atoms with van der Waals surface area (Å²) in [6.07, 6.45) is 0.301. The van der Waals surface area contributed by atoms with Crippen LogP contribution < -0.4 is 5.32 Å². The van der Waals surface area contributed by atoms with Crippen molar-refractivity contribution in [3.8, 4) is 0 Å². The van der Waals surface area contributed by atoms with Crippen LogP contribution >= 0.6 is 22.6 Å². The molecule has 110 valence electrons. The first kappa shape index (κ1) is 14.4. The Hall–Kier alpha value is -1.58. The Balaban J connectivity index is 1.98. The molecule has 0 unspecified atom stereocenters. The molecule has 1 N–H and O–H groups in total. The number of hydrogen-bond acceptors (Lipinski definition) is 3. The van der Waals surface area contributed by atoms with Gasteiger partial charge in [0.05, 0.1) is 15.7 Å². The third kappa shape index (κ3) is 2.21. The molecule has 0 spiro atoms. The molecule has 1 saturated heterocycles. The van der Waals surface area contributed by atoms with Gasteiger partial charge in [0.25, 0.3) is 5.91 Å². The van der Waals surface area contributed by atoms with Crippen molar-refractivity contribution in [3.63, 3.8) is 0 Å². The third-order valence-corrected chi connectivity index (χ3v) is 4.72. The van der Waals surface area contributed by atoms with Gasteiger partial charge in [0.15, 0.2) is 0 Å². The molecule has 2 aliphatic rings. The van der Waals surface area contributed by atoms with E-state index in [0.29, 0.717) is 0 Å². The molecule has 2 heterocycles. The largest absolute Gasteiger partial charge is 0.322 e. The van der Waals surface area contributed by atoms with Gasteiger partial charge in [-0.2, -0.15) is 0 Å². The van der Waals surface area contributed by atoms with E-state index in [1.807, 2.05) is 0 Å². The second-order valence-electron chi connectivity index (χ2n) is 4.91. The zero-order valence-corrected chi connectivity index (χ0v) is 12.7. The van der Waals surface area contributed by atoms with E-state index in [-0.39, 0.29) is 34.1 Å². The lowest BCUT2D eigenvalue weighted by atomic mass is 10.0. The van der Waals surface area contributed by atoms with E-state index in [1.54, 1.807) is 22.6 Å². The number of hydrogen-bond donors (Lipinski definition) is 1. The monoisotopic (exact) mass is 406 g/mol. The van der Waals surface area contributed by atoms with Crippen LogP contribution in [0.15, 0.2) is 6.07 Å². The van der Waals surface area contributed by atoms with E-state index in [4.69, 9.17) is 0 Å². The minimum Gasteiger partial charge on any atom is -0.322 e. The molecule has 3 rings (SSSR count). The molecule has 21 heavy (non-hydrogen) atoms. The summed E-state index contributed by atoms with van der Waals surface area (Å²) in [4.78, 5) is 36.5. The van der Waals surface area contributed by atoms with Crippen molar-refractivity contribution in [2.24, 2.45) is 0 Å². The molecule has 1 aromatic rings. The molecule has 0 aromatic heterocycles. The van der Waals surface area contributed by atoms with Crippen LogP contribution in [0.3, 0.4) is 0 Å². The average Bonchev–Trinajstić information content (AvgIpc) is 2.75. The van der Waals surface area contributed by atoms with E-state index in [9.17, 15) is 23.2 Å². The summed E-state index contributed by atoms with van der Waals surface area (Å²) >= 11 is 1.65. The molecule has 2 aliphatic heterocycles. The maximum atomic E-state index is 13.8. The summed E-state index contributed by atoms with van der Waals surface area (Å²) in [6.45, 7) is -0.0947. The van der Waals surface area contributed by atoms with Crippen LogP contribution in [0, 0.1) is 15.2 Å². The Morgan fingerprint density at radius 1 is 1.24 bits per heavy atom. The van der Waals surface area contributed by atoms with Crippen LogP contribution in [0.5, 0.6) is 0 Å². The molecule has 0 bridgehead atoms. The fourth-order valence-electron chi connectivity index (χ4n) is 2.63. The quantitative estimate of drug-likeness (QED) is 0.435. The van der Waals surface area contributed by atoms with Crippen molar-refractivity contribution in [1.82, 2.24) is 10.2 Å². The predicted molar refractivity (Wildman–Crippen MR) is 75.1 cm³/mol. The number of carbonyl (C=O) groups excluding carboxylic acids is 3. The minimum absolute atomic E-state index is 0.0298. The van der Waals surface area contributed by atoms with E-state index in [2.05, 4.69) is 5.32 Å². The number of fused-ring (bicyclic) bond motifs is 1. The van der Waals surface area contributed by atoms with Crippen molar-refractivity contribution < 1.29 is 23.2 Å². The summed E-state index contributed by atoms with van der Waals surface area (Å²) in [6, 6.07) is -0.0946. The molecule has 1 fully saturated rings. The summed E-state index contributed by atoms with van der Waals surface area (Å²) in [5, 5.41) is 2.15. The summed E-state index contributed by atoms with van der Waals surface area (Å²) in [5.74, 6) is -3.16. The van der Waals surface area contributed by atoms with Crippen LogP contribution in [0.25, 0.3) is 0 Å². The van der Waals surface area contributed by atoms with Crippen LogP contribution in [0.2, 0.25) is 0 Å². The van der Waals surface area contributed by atoms with Gasteiger partial charge in [-0.3, -0.25) is 19.7 Å². The first-order valence-electron chi connectivity index (χ1n) is 6.21. The van der Waals surface area contributed by atoms with Crippen molar-refractivity contribution in [1.29, 1.82) is 0 Å². The molecule has 5 nitrogen and oxygen atoms in total. The van der Waals surface area contributed by atoms with Crippen LogP contribution in [-0.4, -0.2) is 28.7 Å². The lowest BCUT2D eigenvalue weighted by molar-refractivity contribution is -0.136. The zero-order chi connectivity index (χ0) is 15.3. The Morgan fingerprint density at radius 2 is 1.95 bits per heavy atom. The van der Waals surface area contributed by atoms with Gasteiger partial charge in [0.2, 0.25) is 11.8 Å². The fraction of sp³-hybridized carbons (Fsp3) is 0.308. The lowest BCUT2D eigenvalue weighted by Crippen LogP contribution is -2.52. The highest BCUT2D eigenvalue weighted by Gasteiger charge is 2.41. The molecular weight excluding hydrogens is 397 g/mol. The minimum atomic E-state index is -0.833. The number of rotatable bonds is 1. The first-order chi connectivity index (χ1) is 9.90. The van der Waals surface area contributed by atoms with E-state index in [0.717, 1.165) is 6.07 Å². The molecule has 0 radical (unpaired) electrons. The molecular formula is C13H9F2IN2O3. The predicted octanol–water partition coefficient (Wildman–Crippen LogP) is 1.33. The number of nitrogens with one attached hydrogen (secondary N) is 1. The van der Waals surface area contributed by atoms with Gasteiger partial charge in [-0.05, 0) is 29.0 Å². The third-order valence-electron chi connectivity index (χ3n) is 3.66. The standard InChI is InChI=1S/C13H9F2IN2O3/c14-6-3-7(15)11(16)10-5(6)4-18(13(10)21)8-1-2-9(19)17-12(8)20/h3,8H,1-2,4H2,(H,17,19,20)/t8-/m1/s1. The molecule has 3 amide bonds. The molecule has 0 aliphatic carbocycles. The van der Waals surface area contributed by atoms with Crippen LogP contribution in [-0.2, 0) is 16.1 Å². The Labute approximate surface area is 131 Å². The Bertz CT molecular complexity index is 692.